The highest BCUT2D eigenvalue weighted by atomic mass is 35.5. The Morgan fingerprint density at radius 1 is 1.27 bits per heavy atom. The second-order valence-electron chi connectivity index (χ2n) is 6.62. The molecule has 4 nitrogen and oxygen atoms in total. The lowest BCUT2D eigenvalue weighted by molar-refractivity contribution is -0.121. The van der Waals surface area contributed by atoms with Gasteiger partial charge in [-0.3, -0.25) is 9.69 Å². The summed E-state index contributed by atoms with van der Waals surface area (Å²) in [4.78, 5) is 14.6. The summed E-state index contributed by atoms with van der Waals surface area (Å²) >= 11 is 13.1. The summed E-state index contributed by atoms with van der Waals surface area (Å²) < 4.78 is 12.3. The van der Waals surface area contributed by atoms with Gasteiger partial charge in [-0.15, -0.1) is 6.58 Å². The number of thioether (sulfide) groups is 1. The highest BCUT2D eigenvalue weighted by Gasteiger charge is 2.31. The van der Waals surface area contributed by atoms with E-state index in [4.69, 9.17) is 33.3 Å². The zero-order valence-electron chi connectivity index (χ0n) is 16.8. The fourth-order valence-corrected chi connectivity index (χ4v) is 4.52. The summed E-state index contributed by atoms with van der Waals surface area (Å²) in [5.41, 5.74) is 2.95. The van der Waals surface area contributed by atoms with Crippen LogP contribution in [0.4, 0.5) is 0 Å². The first kappa shape index (κ1) is 22.4. The third kappa shape index (κ3) is 5.25. The number of hydrogen-bond acceptors (Lipinski definition) is 5. The Kier molecular flexibility index (Phi) is 7.58. The van der Waals surface area contributed by atoms with Gasteiger partial charge in [-0.05, 0) is 43.2 Å². The Morgan fingerprint density at radius 3 is 2.77 bits per heavy atom. The van der Waals surface area contributed by atoms with E-state index in [2.05, 4.69) is 12.6 Å². The van der Waals surface area contributed by atoms with Crippen molar-refractivity contribution in [3.8, 4) is 11.5 Å². The van der Waals surface area contributed by atoms with Gasteiger partial charge < -0.3 is 9.47 Å². The zero-order chi connectivity index (χ0) is 21.7. The van der Waals surface area contributed by atoms with Crippen molar-refractivity contribution >= 4 is 51.9 Å². The lowest BCUT2D eigenvalue weighted by atomic mass is 10.1. The minimum absolute atomic E-state index is 0.140. The topological polar surface area (TPSA) is 38.8 Å². The van der Waals surface area contributed by atoms with Crippen LogP contribution in [0.1, 0.15) is 23.6 Å². The summed E-state index contributed by atoms with van der Waals surface area (Å²) in [6.45, 7) is 8.82. The maximum absolute atomic E-state index is 12.6. The summed E-state index contributed by atoms with van der Waals surface area (Å²) in [6.07, 6.45) is 3.42. The Balaban J connectivity index is 1.87. The molecule has 0 aliphatic carbocycles. The van der Waals surface area contributed by atoms with Gasteiger partial charge in [0.05, 0.1) is 16.5 Å². The van der Waals surface area contributed by atoms with Crippen LogP contribution in [0.3, 0.4) is 0 Å². The molecule has 0 spiro atoms. The largest absolute Gasteiger partial charge is 0.490 e. The first-order valence-corrected chi connectivity index (χ1v) is 11.0. The maximum Gasteiger partial charge on any atom is 0.266 e. The molecule has 0 saturated carbocycles. The highest BCUT2D eigenvalue weighted by molar-refractivity contribution is 8.26. The SMILES string of the molecule is C=CCN1C(=O)/C(=C/c2cc(Cl)c(OCc3cccc(C)c3)c(OCC)c2)SC1=S. The lowest BCUT2D eigenvalue weighted by Crippen LogP contribution is -2.27. The van der Waals surface area contributed by atoms with E-state index in [1.807, 2.05) is 38.1 Å². The Morgan fingerprint density at radius 2 is 2.07 bits per heavy atom. The van der Waals surface area contributed by atoms with Crippen LogP contribution in [0.25, 0.3) is 6.08 Å². The van der Waals surface area contributed by atoms with Crippen LogP contribution in [0, 0.1) is 6.92 Å². The normalized spacial score (nSPS) is 15.0. The predicted octanol–water partition coefficient (Wildman–Crippen LogP) is 6.01. The number of hydrogen-bond donors (Lipinski definition) is 0. The molecule has 1 saturated heterocycles. The number of thiocarbonyl (C=S) groups is 1. The van der Waals surface area contributed by atoms with Crippen LogP contribution in [0.15, 0.2) is 54.0 Å². The molecule has 0 N–H and O–H groups in total. The summed E-state index contributed by atoms with van der Waals surface area (Å²) in [6, 6.07) is 11.7. The molecule has 1 aliphatic rings. The van der Waals surface area contributed by atoms with Crippen LogP contribution in [-0.2, 0) is 11.4 Å². The van der Waals surface area contributed by atoms with Crippen LogP contribution >= 0.6 is 35.6 Å². The number of aryl methyl sites for hydroxylation is 1. The van der Waals surface area contributed by atoms with E-state index in [-0.39, 0.29) is 5.91 Å². The maximum atomic E-state index is 12.6. The van der Waals surface area contributed by atoms with E-state index >= 15 is 0 Å². The number of halogens is 1. The molecule has 156 valence electrons. The van der Waals surface area contributed by atoms with Crippen LogP contribution < -0.4 is 9.47 Å². The molecule has 0 aromatic heterocycles. The van der Waals surface area contributed by atoms with Crippen molar-refractivity contribution in [2.45, 2.75) is 20.5 Å². The van der Waals surface area contributed by atoms with Gasteiger partial charge in [0.15, 0.2) is 11.5 Å². The van der Waals surface area contributed by atoms with E-state index in [0.717, 1.165) is 16.7 Å². The molecule has 1 aliphatic heterocycles. The molecule has 1 fully saturated rings. The van der Waals surface area contributed by atoms with Crippen molar-refractivity contribution in [3.05, 3.63) is 75.7 Å². The predicted molar refractivity (Wildman–Crippen MR) is 128 cm³/mol. The van der Waals surface area contributed by atoms with Crippen molar-refractivity contribution < 1.29 is 14.3 Å². The molecule has 0 atom stereocenters. The number of rotatable bonds is 8. The van der Waals surface area contributed by atoms with Gasteiger partial charge in [-0.2, -0.15) is 0 Å². The third-order valence-corrected chi connectivity index (χ3v) is 5.94. The van der Waals surface area contributed by atoms with Gasteiger partial charge >= 0.3 is 0 Å². The molecule has 30 heavy (non-hydrogen) atoms. The molecule has 7 heteroatoms. The summed E-state index contributed by atoms with van der Waals surface area (Å²) in [5, 5.41) is 0.418. The van der Waals surface area contributed by atoms with Gasteiger partial charge in [-0.25, -0.2) is 0 Å². The smallest absolute Gasteiger partial charge is 0.266 e. The zero-order valence-corrected chi connectivity index (χ0v) is 19.2. The average Bonchev–Trinajstić information content (AvgIpc) is 2.95. The first-order valence-electron chi connectivity index (χ1n) is 9.44. The fourth-order valence-electron chi connectivity index (χ4n) is 2.97. The standard InChI is InChI=1S/C23H22ClNO3S2/c1-4-9-25-22(26)20(30-23(25)29)13-17-11-18(24)21(19(12-17)27-5-2)28-14-16-8-6-7-15(3)10-16/h4,6-8,10-13H,1,5,9,14H2,2-3H3/b20-13-. The number of amides is 1. The molecule has 0 bridgehead atoms. The van der Waals surface area contributed by atoms with Gasteiger partial charge in [0.2, 0.25) is 0 Å². The van der Waals surface area contributed by atoms with Crippen LogP contribution in [0.2, 0.25) is 5.02 Å². The van der Waals surface area contributed by atoms with E-state index in [9.17, 15) is 4.79 Å². The molecular formula is C23H22ClNO3S2. The molecule has 2 aromatic rings. The van der Waals surface area contributed by atoms with Gasteiger partial charge in [-0.1, -0.05) is 71.5 Å². The summed E-state index contributed by atoms with van der Waals surface area (Å²) in [5.74, 6) is 0.876. The number of ether oxygens (including phenoxy) is 2. The number of carbonyl (C=O) groups excluding carboxylic acids is 1. The number of nitrogens with zero attached hydrogens (tertiary/aromatic N) is 1. The quantitative estimate of drug-likeness (QED) is 0.274. The molecule has 0 unspecified atom stereocenters. The second kappa shape index (κ2) is 10.2. The molecule has 1 heterocycles. The van der Waals surface area contributed by atoms with Crippen molar-refractivity contribution in [1.82, 2.24) is 4.90 Å². The highest BCUT2D eigenvalue weighted by Crippen LogP contribution is 2.39. The van der Waals surface area contributed by atoms with Crippen LogP contribution in [0.5, 0.6) is 11.5 Å². The average molecular weight is 460 g/mol. The Bertz CT molecular complexity index is 1020. The molecule has 0 radical (unpaired) electrons. The molecule has 3 rings (SSSR count). The number of benzene rings is 2. The van der Waals surface area contributed by atoms with E-state index in [1.165, 1.54) is 16.7 Å². The van der Waals surface area contributed by atoms with Crippen molar-refractivity contribution in [2.75, 3.05) is 13.2 Å². The van der Waals surface area contributed by atoms with Crippen LogP contribution in [-0.4, -0.2) is 28.3 Å². The third-order valence-electron chi connectivity index (χ3n) is 4.28. The molecule has 1 amide bonds. The number of carbonyl (C=O) groups is 1. The van der Waals surface area contributed by atoms with E-state index in [1.54, 1.807) is 18.2 Å². The first-order chi connectivity index (χ1) is 14.4. The van der Waals surface area contributed by atoms with Crippen molar-refractivity contribution in [3.63, 3.8) is 0 Å². The van der Waals surface area contributed by atoms with Gasteiger partial charge in [0, 0.05) is 6.54 Å². The van der Waals surface area contributed by atoms with E-state index in [0.29, 0.717) is 45.5 Å². The van der Waals surface area contributed by atoms with Gasteiger partial charge in [0.25, 0.3) is 5.91 Å². The minimum atomic E-state index is -0.140. The van der Waals surface area contributed by atoms with Crippen molar-refractivity contribution in [2.24, 2.45) is 0 Å². The second-order valence-corrected chi connectivity index (χ2v) is 8.70. The van der Waals surface area contributed by atoms with E-state index < -0.39 is 0 Å². The molecule has 2 aromatic carbocycles. The minimum Gasteiger partial charge on any atom is -0.490 e. The lowest BCUT2D eigenvalue weighted by Gasteiger charge is -2.15. The summed E-state index contributed by atoms with van der Waals surface area (Å²) in [7, 11) is 0. The Labute approximate surface area is 191 Å². The Hall–Kier alpha value is -2.28. The fraction of sp³-hybridized carbons (Fsp3) is 0.217. The molecular weight excluding hydrogens is 438 g/mol. The van der Waals surface area contributed by atoms with Gasteiger partial charge in [0.1, 0.15) is 10.9 Å². The van der Waals surface area contributed by atoms with Crippen molar-refractivity contribution in [1.29, 1.82) is 0 Å². The monoisotopic (exact) mass is 459 g/mol.